The Hall–Kier alpha value is -2.67. The zero-order valence-electron chi connectivity index (χ0n) is 12.8. The molecule has 6 nitrogen and oxygen atoms in total. The van der Waals surface area contributed by atoms with Gasteiger partial charge < -0.3 is 14.1 Å². The zero-order valence-corrected chi connectivity index (χ0v) is 14.4. The summed E-state index contributed by atoms with van der Waals surface area (Å²) in [6, 6.07) is 15.2. The number of nitrogens with zero attached hydrogens (tertiary/aromatic N) is 3. The summed E-state index contributed by atoms with van der Waals surface area (Å²) < 4.78 is 11.3. The molecule has 0 radical (unpaired) electrons. The van der Waals surface area contributed by atoms with Crippen LogP contribution in [0.15, 0.2) is 62.7 Å². The third kappa shape index (κ3) is 3.99. The topological polar surface area (TPSA) is 69.7 Å². The van der Waals surface area contributed by atoms with Gasteiger partial charge in [0.25, 0.3) is 5.89 Å². The summed E-state index contributed by atoms with van der Waals surface area (Å²) in [6.45, 7) is 0.0899. The Balaban J connectivity index is 1.61. The number of halogens is 1. The first kappa shape index (κ1) is 16.2. The van der Waals surface area contributed by atoms with Crippen LogP contribution in [0.2, 0.25) is 0 Å². The third-order valence-corrected chi connectivity index (χ3v) is 3.64. The maximum atomic E-state index is 5.23. The molecule has 0 bridgehead atoms. The monoisotopic (exact) mass is 387 g/mol. The molecule has 0 spiro atoms. The maximum Gasteiger partial charge on any atom is 0.267 e. The second-order valence-electron chi connectivity index (χ2n) is 4.77. The van der Waals surface area contributed by atoms with E-state index in [2.05, 4.69) is 31.2 Å². The van der Waals surface area contributed by atoms with Crippen molar-refractivity contribution in [1.29, 1.82) is 0 Å². The fraction of sp³-hybridized carbons (Fsp3) is 0.118. The highest BCUT2D eigenvalue weighted by molar-refractivity contribution is 9.10. The van der Waals surface area contributed by atoms with Crippen LogP contribution < -0.4 is 4.74 Å². The predicted octanol–water partition coefficient (Wildman–Crippen LogP) is 4.06. The van der Waals surface area contributed by atoms with Gasteiger partial charge >= 0.3 is 0 Å². The van der Waals surface area contributed by atoms with Gasteiger partial charge in [-0.1, -0.05) is 50.5 Å². The van der Waals surface area contributed by atoms with E-state index in [0.717, 1.165) is 21.3 Å². The van der Waals surface area contributed by atoms with Gasteiger partial charge in [-0.3, -0.25) is 0 Å². The molecule has 0 aliphatic heterocycles. The number of hydrogen-bond donors (Lipinski definition) is 0. The lowest BCUT2D eigenvalue weighted by atomic mass is 10.2. The summed E-state index contributed by atoms with van der Waals surface area (Å²) >= 11 is 3.41. The van der Waals surface area contributed by atoms with Crippen molar-refractivity contribution < 1.29 is 14.1 Å². The second-order valence-corrected chi connectivity index (χ2v) is 5.69. The van der Waals surface area contributed by atoms with Crippen LogP contribution in [0.25, 0.3) is 11.4 Å². The second kappa shape index (κ2) is 7.74. The van der Waals surface area contributed by atoms with Crippen LogP contribution in [0.5, 0.6) is 5.75 Å². The molecule has 0 saturated heterocycles. The van der Waals surface area contributed by atoms with Crippen molar-refractivity contribution in [3.8, 4) is 17.1 Å². The Morgan fingerprint density at radius 1 is 1.21 bits per heavy atom. The SMILES string of the molecule is COc1ccccc1/C=N\OCc1nc(-c2cccc(Br)c2)no1. The minimum absolute atomic E-state index is 0.0899. The summed E-state index contributed by atoms with van der Waals surface area (Å²) in [6.07, 6.45) is 1.57. The molecule has 1 heterocycles. The number of aromatic nitrogens is 2. The van der Waals surface area contributed by atoms with E-state index in [1.54, 1.807) is 13.3 Å². The van der Waals surface area contributed by atoms with E-state index < -0.39 is 0 Å². The van der Waals surface area contributed by atoms with E-state index >= 15 is 0 Å². The van der Waals surface area contributed by atoms with Gasteiger partial charge in [-0.2, -0.15) is 4.98 Å². The molecule has 0 atom stereocenters. The van der Waals surface area contributed by atoms with Crippen LogP contribution in [-0.2, 0) is 11.4 Å². The lowest BCUT2D eigenvalue weighted by Gasteiger charge is -2.02. The molecule has 7 heteroatoms. The molecule has 122 valence electrons. The molecule has 0 aliphatic carbocycles. The smallest absolute Gasteiger partial charge is 0.267 e. The Morgan fingerprint density at radius 3 is 2.92 bits per heavy atom. The number of methoxy groups -OCH3 is 1. The fourth-order valence-electron chi connectivity index (χ4n) is 2.02. The van der Waals surface area contributed by atoms with Crippen molar-refractivity contribution in [1.82, 2.24) is 10.1 Å². The summed E-state index contributed by atoms with van der Waals surface area (Å²) in [7, 11) is 1.61. The zero-order chi connectivity index (χ0) is 16.8. The Bertz CT molecular complexity index is 848. The highest BCUT2D eigenvalue weighted by atomic mass is 79.9. The molecule has 0 fully saturated rings. The quantitative estimate of drug-likeness (QED) is 0.471. The standard InChI is InChI=1S/C17H14BrN3O3/c1-22-15-8-3-2-5-13(15)10-19-23-11-16-20-17(21-24-16)12-6-4-7-14(18)9-12/h2-10H,11H2,1H3/b19-10-. The van der Waals surface area contributed by atoms with Crippen molar-refractivity contribution in [3.63, 3.8) is 0 Å². The third-order valence-electron chi connectivity index (χ3n) is 3.14. The summed E-state index contributed by atoms with van der Waals surface area (Å²) in [5.74, 6) is 1.57. The van der Waals surface area contributed by atoms with Crippen LogP contribution in [0.1, 0.15) is 11.5 Å². The molecule has 0 aliphatic rings. The minimum Gasteiger partial charge on any atom is -0.496 e. The molecule has 0 saturated carbocycles. The van der Waals surface area contributed by atoms with Crippen molar-refractivity contribution in [3.05, 3.63) is 64.5 Å². The van der Waals surface area contributed by atoms with Crippen LogP contribution >= 0.6 is 15.9 Å². The van der Waals surface area contributed by atoms with Crippen molar-refractivity contribution in [2.24, 2.45) is 5.16 Å². The molecule has 0 amide bonds. The van der Waals surface area contributed by atoms with Gasteiger partial charge in [-0.15, -0.1) is 0 Å². The molecular weight excluding hydrogens is 374 g/mol. The first-order valence-corrected chi connectivity index (χ1v) is 7.92. The van der Waals surface area contributed by atoms with Gasteiger partial charge in [0.05, 0.1) is 13.3 Å². The van der Waals surface area contributed by atoms with Gasteiger partial charge in [-0.05, 0) is 24.3 Å². The Kier molecular flexibility index (Phi) is 5.22. The first-order chi connectivity index (χ1) is 11.8. The summed E-state index contributed by atoms with van der Waals surface area (Å²) in [5, 5.41) is 7.83. The van der Waals surface area contributed by atoms with E-state index in [1.807, 2.05) is 48.5 Å². The molecule has 0 unspecified atom stereocenters. The van der Waals surface area contributed by atoms with Crippen LogP contribution in [0.3, 0.4) is 0 Å². The van der Waals surface area contributed by atoms with E-state index in [-0.39, 0.29) is 6.61 Å². The average molecular weight is 388 g/mol. The minimum atomic E-state index is 0.0899. The molecule has 1 aromatic heterocycles. The number of ether oxygens (including phenoxy) is 1. The Labute approximate surface area is 147 Å². The predicted molar refractivity (Wildman–Crippen MR) is 92.8 cm³/mol. The number of hydrogen-bond acceptors (Lipinski definition) is 6. The highest BCUT2D eigenvalue weighted by Crippen LogP contribution is 2.20. The number of rotatable bonds is 6. The summed E-state index contributed by atoms with van der Waals surface area (Å²) in [4.78, 5) is 9.48. The van der Waals surface area contributed by atoms with Gasteiger partial charge in [-0.25, -0.2) is 0 Å². The van der Waals surface area contributed by atoms with Crippen LogP contribution in [-0.4, -0.2) is 23.5 Å². The maximum absolute atomic E-state index is 5.23. The average Bonchev–Trinajstić information content (AvgIpc) is 3.08. The van der Waals surface area contributed by atoms with E-state index in [1.165, 1.54) is 0 Å². The number of benzene rings is 2. The number of oxime groups is 1. The van der Waals surface area contributed by atoms with Crippen LogP contribution in [0, 0.1) is 0 Å². The van der Waals surface area contributed by atoms with Gasteiger partial charge in [0, 0.05) is 15.6 Å². The Morgan fingerprint density at radius 2 is 2.08 bits per heavy atom. The first-order valence-electron chi connectivity index (χ1n) is 7.13. The van der Waals surface area contributed by atoms with Crippen molar-refractivity contribution >= 4 is 22.1 Å². The molecule has 3 aromatic rings. The van der Waals surface area contributed by atoms with Gasteiger partial charge in [0.2, 0.25) is 5.82 Å². The molecule has 24 heavy (non-hydrogen) atoms. The lowest BCUT2D eigenvalue weighted by Crippen LogP contribution is -1.92. The van der Waals surface area contributed by atoms with E-state index in [0.29, 0.717) is 11.7 Å². The fourth-order valence-corrected chi connectivity index (χ4v) is 2.42. The lowest BCUT2D eigenvalue weighted by molar-refractivity contribution is 0.107. The molecular formula is C17H14BrN3O3. The number of para-hydroxylation sites is 1. The largest absolute Gasteiger partial charge is 0.496 e. The van der Waals surface area contributed by atoms with Gasteiger partial charge in [0.1, 0.15) is 5.75 Å². The van der Waals surface area contributed by atoms with Crippen LogP contribution in [0.4, 0.5) is 0 Å². The molecule has 3 rings (SSSR count). The molecule has 0 N–H and O–H groups in total. The van der Waals surface area contributed by atoms with Crippen molar-refractivity contribution in [2.45, 2.75) is 6.61 Å². The van der Waals surface area contributed by atoms with Gasteiger partial charge in [0.15, 0.2) is 6.61 Å². The summed E-state index contributed by atoms with van der Waals surface area (Å²) in [5.41, 5.74) is 1.68. The normalized spacial score (nSPS) is 10.9. The van der Waals surface area contributed by atoms with E-state index in [9.17, 15) is 0 Å². The highest BCUT2D eigenvalue weighted by Gasteiger charge is 2.09. The van der Waals surface area contributed by atoms with E-state index in [4.69, 9.17) is 14.1 Å². The van der Waals surface area contributed by atoms with Crippen molar-refractivity contribution in [2.75, 3.05) is 7.11 Å². The molecule has 2 aromatic carbocycles.